The highest BCUT2D eigenvalue weighted by Crippen LogP contribution is 2.07. The summed E-state index contributed by atoms with van der Waals surface area (Å²) in [7, 11) is 2.06. The van der Waals surface area contributed by atoms with Crippen molar-refractivity contribution >= 4 is 5.91 Å². The number of aliphatic hydroxyl groups is 1. The molecule has 0 aromatic heterocycles. The average Bonchev–Trinajstić information content (AvgIpc) is 2.04. The van der Waals surface area contributed by atoms with Crippen LogP contribution in [0.5, 0.6) is 0 Å². The van der Waals surface area contributed by atoms with Crippen molar-refractivity contribution in [3.8, 4) is 0 Å². The van der Waals surface area contributed by atoms with Crippen LogP contribution in [-0.4, -0.2) is 48.7 Å². The summed E-state index contributed by atoms with van der Waals surface area (Å²) in [6, 6.07) is 0.276. The monoisotopic (exact) mass is 186 g/mol. The number of hydrogen-bond donors (Lipinski definition) is 2. The number of likely N-dealkylation sites (tertiary alicyclic amines) is 1. The van der Waals surface area contributed by atoms with Gasteiger partial charge in [-0.25, -0.2) is 0 Å². The molecule has 1 atom stereocenters. The molecule has 0 saturated carbocycles. The first-order valence-corrected chi connectivity index (χ1v) is 4.81. The number of hydrogen-bond acceptors (Lipinski definition) is 3. The summed E-state index contributed by atoms with van der Waals surface area (Å²) < 4.78 is 0. The molecule has 2 N–H and O–H groups in total. The molecule has 0 aromatic carbocycles. The molecule has 0 spiro atoms. The minimum absolute atomic E-state index is 0.0391. The van der Waals surface area contributed by atoms with Gasteiger partial charge in [-0.15, -0.1) is 0 Å². The Kier molecular flexibility index (Phi) is 4.18. The van der Waals surface area contributed by atoms with Crippen molar-refractivity contribution in [3.63, 3.8) is 0 Å². The fraction of sp³-hybridized carbons (Fsp3) is 0.889. The van der Waals surface area contributed by atoms with Crippen LogP contribution in [-0.2, 0) is 4.79 Å². The van der Waals surface area contributed by atoms with E-state index in [0.29, 0.717) is 0 Å². The van der Waals surface area contributed by atoms with Crippen LogP contribution in [0.25, 0.3) is 0 Å². The van der Waals surface area contributed by atoms with E-state index in [1.165, 1.54) is 0 Å². The molecule has 0 aliphatic carbocycles. The molecule has 76 valence electrons. The zero-order valence-corrected chi connectivity index (χ0v) is 8.12. The molecule has 0 aromatic rings. The van der Waals surface area contributed by atoms with Crippen LogP contribution < -0.4 is 5.32 Å². The van der Waals surface area contributed by atoms with Crippen molar-refractivity contribution in [2.75, 3.05) is 26.7 Å². The van der Waals surface area contributed by atoms with Crippen molar-refractivity contribution in [1.29, 1.82) is 0 Å². The maximum atomic E-state index is 11.1. The molecule has 1 fully saturated rings. The molecule has 13 heavy (non-hydrogen) atoms. The molecular weight excluding hydrogens is 168 g/mol. The Hall–Kier alpha value is -0.610. The number of amides is 1. The first-order valence-electron chi connectivity index (χ1n) is 4.81. The Morgan fingerprint density at radius 1 is 1.69 bits per heavy atom. The Labute approximate surface area is 78.9 Å². The molecule has 1 amide bonds. The molecule has 1 heterocycles. The maximum absolute atomic E-state index is 11.1. The van der Waals surface area contributed by atoms with E-state index < -0.39 is 0 Å². The lowest BCUT2D eigenvalue weighted by Gasteiger charge is -2.30. The lowest BCUT2D eigenvalue weighted by Crippen LogP contribution is -2.46. The smallest absolute Gasteiger partial charge is 0.222 e. The summed E-state index contributed by atoms with van der Waals surface area (Å²) in [5, 5.41) is 11.5. The lowest BCUT2D eigenvalue weighted by atomic mass is 10.1. The van der Waals surface area contributed by atoms with Crippen LogP contribution >= 0.6 is 0 Å². The lowest BCUT2D eigenvalue weighted by molar-refractivity contribution is -0.122. The number of aliphatic hydroxyl groups excluding tert-OH is 1. The Bertz CT molecular complexity index is 173. The first-order chi connectivity index (χ1) is 6.22. The zero-order valence-electron chi connectivity index (χ0n) is 8.12. The van der Waals surface area contributed by atoms with Gasteiger partial charge >= 0.3 is 0 Å². The van der Waals surface area contributed by atoms with Gasteiger partial charge in [-0.1, -0.05) is 0 Å². The summed E-state index contributed by atoms with van der Waals surface area (Å²) in [4.78, 5) is 13.3. The molecule has 4 heteroatoms. The van der Waals surface area contributed by atoms with Gasteiger partial charge in [-0.3, -0.25) is 4.79 Å². The number of piperidine rings is 1. The summed E-state index contributed by atoms with van der Waals surface area (Å²) >= 11 is 0. The average molecular weight is 186 g/mol. The van der Waals surface area contributed by atoms with Gasteiger partial charge in [-0.2, -0.15) is 0 Å². The highest BCUT2D eigenvalue weighted by molar-refractivity contribution is 5.76. The number of carbonyl (C=O) groups excluding carboxylic acids is 1. The largest absolute Gasteiger partial charge is 0.396 e. The third kappa shape index (κ3) is 3.74. The van der Waals surface area contributed by atoms with Crippen LogP contribution in [0.2, 0.25) is 0 Å². The second kappa shape index (κ2) is 5.19. The van der Waals surface area contributed by atoms with E-state index in [0.717, 1.165) is 25.9 Å². The van der Waals surface area contributed by atoms with Gasteiger partial charge in [0.1, 0.15) is 0 Å². The number of likely N-dealkylation sites (N-methyl/N-ethyl adjacent to an activating group) is 1. The molecule has 1 unspecified atom stereocenters. The minimum atomic E-state index is -0.0611. The zero-order chi connectivity index (χ0) is 9.68. The predicted molar refractivity (Wildman–Crippen MR) is 50.4 cm³/mol. The highest BCUT2D eigenvalue weighted by atomic mass is 16.3. The van der Waals surface area contributed by atoms with Crippen molar-refractivity contribution in [2.45, 2.75) is 25.3 Å². The van der Waals surface area contributed by atoms with Gasteiger partial charge in [0.25, 0.3) is 0 Å². The summed E-state index contributed by atoms with van der Waals surface area (Å²) in [6.07, 6.45) is 2.42. The highest BCUT2D eigenvalue weighted by Gasteiger charge is 2.18. The molecular formula is C9H18N2O2. The normalized spacial score (nSPS) is 24.3. The van der Waals surface area contributed by atoms with E-state index >= 15 is 0 Å². The second-order valence-corrected chi connectivity index (χ2v) is 3.64. The first kappa shape index (κ1) is 10.5. The third-order valence-electron chi connectivity index (χ3n) is 2.33. The van der Waals surface area contributed by atoms with Gasteiger partial charge in [0.15, 0.2) is 0 Å². The Balaban J connectivity index is 2.23. The number of rotatable bonds is 3. The van der Waals surface area contributed by atoms with Crippen LogP contribution in [0, 0.1) is 0 Å². The number of nitrogens with zero attached hydrogens (tertiary/aromatic N) is 1. The van der Waals surface area contributed by atoms with Crippen LogP contribution in [0.4, 0.5) is 0 Å². The van der Waals surface area contributed by atoms with Gasteiger partial charge < -0.3 is 15.3 Å². The standard InChI is InChI=1S/C9H18N2O2/c1-11-5-2-3-8(7-11)10-9(13)4-6-12/h8,12H,2-7H2,1H3,(H,10,13). The van der Waals surface area contributed by atoms with Gasteiger partial charge in [0, 0.05) is 19.0 Å². The topological polar surface area (TPSA) is 52.6 Å². The van der Waals surface area contributed by atoms with E-state index in [4.69, 9.17) is 5.11 Å². The second-order valence-electron chi connectivity index (χ2n) is 3.64. The molecule has 0 radical (unpaired) electrons. The van der Waals surface area contributed by atoms with E-state index in [1.54, 1.807) is 0 Å². The van der Waals surface area contributed by atoms with Crippen LogP contribution in [0.3, 0.4) is 0 Å². The SMILES string of the molecule is CN1CCCC(NC(=O)CCO)C1. The quantitative estimate of drug-likeness (QED) is 0.629. The summed E-state index contributed by atoms with van der Waals surface area (Å²) in [5.74, 6) is -0.0391. The van der Waals surface area contributed by atoms with E-state index in [9.17, 15) is 4.79 Å². The van der Waals surface area contributed by atoms with Gasteiger partial charge in [0.05, 0.1) is 6.61 Å². The Morgan fingerprint density at radius 3 is 3.08 bits per heavy atom. The molecule has 1 aliphatic rings. The van der Waals surface area contributed by atoms with Gasteiger partial charge in [-0.05, 0) is 26.4 Å². The maximum Gasteiger partial charge on any atom is 0.222 e. The van der Waals surface area contributed by atoms with Crippen molar-refractivity contribution in [3.05, 3.63) is 0 Å². The molecule has 1 saturated heterocycles. The van der Waals surface area contributed by atoms with Crippen LogP contribution in [0.15, 0.2) is 0 Å². The minimum Gasteiger partial charge on any atom is -0.396 e. The fourth-order valence-corrected chi connectivity index (χ4v) is 1.69. The fourth-order valence-electron chi connectivity index (χ4n) is 1.69. The van der Waals surface area contributed by atoms with Crippen LogP contribution in [0.1, 0.15) is 19.3 Å². The summed E-state index contributed by atoms with van der Waals surface area (Å²) in [6.45, 7) is 1.98. The van der Waals surface area contributed by atoms with E-state index in [2.05, 4.69) is 17.3 Å². The van der Waals surface area contributed by atoms with Crippen molar-refractivity contribution in [2.24, 2.45) is 0 Å². The number of nitrogens with one attached hydrogen (secondary N) is 1. The number of carbonyl (C=O) groups is 1. The predicted octanol–water partition coefficient (Wildman–Crippen LogP) is -0.421. The summed E-state index contributed by atoms with van der Waals surface area (Å²) in [5.41, 5.74) is 0. The third-order valence-corrected chi connectivity index (χ3v) is 2.33. The molecule has 4 nitrogen and oxygen atoms in total. The van der Waals surface area contributed by atoms with Crippen molar-refractivity contribution in [1.82, 2.24) is 10.2 Å². The molecule has 1 rings (SSSR count). The molecule has 0 bridgehead atoms. The van der Waals surface area contributed by atoms with Crippen molar-refractivity contribution < 1.29 is 9.90 Å². The van der Waals surface area contributed by atoms with Gasteiger partial charge in [0.2, 0.25) is 5.91 Å². The Morgan fingerprint density at radius 2 is 2.46 bits per heavy atom. The van der Waals surface area contributed by atoms with E-state index in [-0.39, 0.29) is 25.0 Å². The van der Waals surface area contributed by atoms with E-state index in [1.807, 2.05) is 0 Å². The molecule has 1 aliphatic heterocycles.